The van der Waals surface area contributed by atoms with E-state index in [2.05, 4.69) is 6.07 Å². The van der Waals surface area contributed by atoms with E-state index in [0.29, 0.717) is 25.4 Å². The lowest BCUT2D eigenvalue weighted by Crippen LogP contribution is -2.51. The number of cyclic esters (lactones) is 1. The lowest BCUT2D eigenvalue weighted by molar-refractivity contribution is -0.101. The topological polar surface area (TPSA) is 71.8 Å². The average molecular weight is 501 g/mol. The summed E-state index contributed by atoms with van der Waals surface area (Å²) in [4.78, 5) is 27.7. The summed E-state index contributed by atoms with van der Waals surface area (Å²) in [6, 6.07) is 19.8. The second kappa shape index (κ2) is 9.49. The maximum absolute atomic E-state index is 13.4. The molecule has 2 unspecified atom stereocenters. The van der Waals surface area contributed by atoms with E-state index < -0.39 is 11.2 Å². The third kappa shape index (κ3) is 5.21. The van der Waals surface area contributed by atoms with Gasteiger partial charge in [-0.2, -0.15) is 0 Å². The number of hydrogen-bond donors (Lipinski definition) is 1. The van der Waals surface area contributed by atoms with Gasteiger partial charge in [0.1, 0.15) is 5.60 Å². The number of amides is 1. The average Bonchev–Trinajstić information content (AvgIpc) is 3.68. The predicted molar refractivity (Wildman–Crippen MR) is 144 cm³/mol. The van der Waals surface area contributed by atoms with Gasteiger partial charge in [-0.15, -0.1) is 0 Å². The van der Waals surface area contributed by atoms with Gasteiger partial charge in [0.15, 0.2) is 0 Å². The van der Waals surface area contributed by atoms with Crippen LogP contribution in [-0.2, 0) is 10.3 Å². The van der Waals surface area contributed by atoms with Crippen LogP contribution in [0.5, 0.6) is 0 Å². The Morgan fingerprint density at radius 2 is 1.76 bits per heavy atom. The molecule has 1 saturated heterocycles. The zero-order valence-electron chi connectivity index (χ0n) is 22.1. The van der Waals surface area contributed by atoms with E-state index in [1.807, 2.05) is 73.1 Å². The molecule has 1 aliphatic heterocycles. The van der Waals surface area contributed by atoms with E-state index in [4.69, 9.17) is 4.74 Å². The first-order valence-electron chi connectivity index (χ1n) is 13.2. The molecule has 2 fully saturated rings. The molecule has 6 heteroatoms. The Hall–Kier alpha value is -3.38. The number of ether oxygens (including phenoxy) is 1. The van der Waals surface area contributed by atoms with Gasteiger partial charge in [0.25, 0.3) is 5.56 Å². The van der Waals surface area contributed by atoms with Crippen LogP contribution in [0.25, 0.3) is 11.1 Å². The second-order valence-corrected chi connectivity index (χ2v) is 11.3. The number of pyridine rings is 1. The van der Waals surface area contributed by atoms with Crippen LogP contribution >= 0.6 is 0 Å². The van der Waals surface area contributed by atoms with Crippen LogP contribution in [0.3, 0.4) is 0 Å². The number of aliphatic hydroxyl groups is 1. The van der Waals surface area contributed by atoms with Crippen molar-refractivity contribution in [3.63, 3.8) is 0 Å². The molecule has 1 aliphatic carbocycles. The van der Waals surface area contributed by atoms with E-state index in [1.165, 1.54) is 0 Å². The molecule has 1 amide bonds. The quantitative estimate of drug-likeness (QED) is 0.424. The molecule has 1 aromatic heterocycles. The molecule has 6 nitrogen and oxygen atoms in total. The highest BCUT2D eigenvalue weighted by Crippen LogP contribution is 2.42. The van der Waals surface area contributed by atoms with Gasteiger partial charge in [-0.25, -0.2) is 4.79 Å². The van der Waals surface area contributed by atoms with Crippen LogP contribution in [0.4, 0.5) is 4.79 Å². The monoisotopic (exact) mass is 500 g/mol. The molecule has 2 atom stereocenters. The Kier molecular flexibility index (Phi) is 6.48. The van der Waals surface area contributed by atoms with Crippen LogP contribution in [0, 0.1) is 6.92 Å². The number of hydrogen-bond acceptors (Lipinski definition) is 4. The molecule has 1 N–H and O–H groups in total. The molecule has 3 aromatic rings. The van der Waals surface area contributed by atoms with Gasteiger partial charge in [0.2, 0.25) is 0 Å². The van der Waals surface area contributed by atoms with Gasteiger partial charge >= 0.3 is 6.09 Å². The summed E-state index contributed by atoms with van der Waals surface area (Å²) in [5, 5.41) is 10.6. The molecule has 2 heterocycles. The molecular weight excluding hydrogens is 464 g/mol. The second-order valence-electron chi connectivity index (χ2n) is 11.3. The summed E-state index contributed by atoms with van der Waals surface area (Å²) in [6.45, 7) is 8.08. The molecule has 37 heavy (non-hydrogen) atoms. The number of carbonyl (C=O) groups excluding carboxylic acids is 1. The van der Waals surface area contributed by atoms with Crippen molar-refractivity contribution >= 4 is 6.09 Å². The van der Waals surface area contributed by atoms with Crippen molar-refractivity contribution in [2.75, 3.05) is 6.54 Å². The molecule has 2 aromatic carbocycles. The lowest BCUT2D eigenvalue weighted by Gasteiger charge is -2.45. The number of aryl methyl sites for hydroxylation is 1. The fourth-order valence-corrected chi connectivity index (χ4v) is 5.71. The molecule has 194 valence electrons. The van der Waals surface area contributed by atoms with Gasteiger partial charge in [-0.05, 0) is 74.4 Å². The predicted octanol–water partition coefficient (Wildman–Crippen LogP) is 6.12. The SMILES string of the molecule is Cc1cc(-c2ccn(C3CC3)c(=O)c2)ccc1C(C)N1CCC(CC(C)(C)O)(c2ccccc2)OC1=O. The van der Waals surface area contributed by atoms with E-state index in [0.717, 1.165) is 40.7 Å². The zero-order chi connectivity index (χ0) is 26.4. The molecular formula is C31H36N2O4. The lowest BCUT2D eigenvalue weighted by atomic mass is 9.80. The van der Waals surface area contributed by atoms with E-state index in [-0.39, 0.29) is 17.7 Å². The smallest absolute Gasteiger partial charge is 0.411 e. The maximum Gasteiger partial charge on any atom is 0.411 e. The third-order valence-electron chi connectivity index (χ3n) is 7.70. The first-order chi connectivity index (χ1) is 17.6. The first-order valence-corrected chi connectivity index (χ1v) is 13.2. The number of carbonyl (C=O) groups is 1. The van der Waals surface area contributed by atoms with E-state index in [9.17, 15) is 14.7 Å². The van der Waals surface area contributed by atoms with Crippen molar-refractivity contribution in [2.24, 2.45) is 0 Å². The highest BCUT2D eigenvalue weighted by molar-refractivity contribution is 5.71. The molecule has 0 radical (unpaired) electrons. The van der Waals surface area contributed by atoms with Gasteiger partial charge in [0.05, 0.1) is 11.6 Å². The van der Waals surface area contributed by atoms with Gasteiger partial charge < -0.3 is 19.3 Å². The largest absolute Gasteiger partial charge is 0.438 e. The van der Waals surface area contributed by atoms with Crippen molar-refractivity contribution in [3.8, 4) is 11.1 Å². The number of nitrogens with zero attached hydrogens (tertiary/aromatic N) is 2. The minimum atomic E-state index is -0.990. The van der Waals surface area contributed by atoms with Gasteiger partial charge in [-0.3, -0.25) is 4.79 Å². The van der Waals surface area contributed by atoms with Crippen LogP contribution in [0.1, 0.15) is 75.2 Å². The Bertz CT molecular complexity index is 1350. The number of aromatic nitrogens is 1. The summed E-state index contributed by atoms with van der Waals surface area (Å²) in [6.07, 6.45) is 4.59. The molecule has 1 saturated carbocycles. The minimum Gasteiger partial charge on any atom is -0.438 e. The fraction of sp³-hybridized carbons (Fsp3) is 0.419. The molecule has 0 spiro atoms. The normalized spacial score (nSPS) is 21.0. The summed E-state index contributed by atoms with van der Waals surface area (Å²) in [5.74, 6) is 0. The van der Waals surface area contributed by atoms with Crippen molar-refractivity contribution < 1.29 is 14.6 Å². The van der Waals surface area contributed by atoms with Crippen LogP contribution in [-0.4, -0.2) is 32.8 Å². The fourth-order valence-electron chi connectivity index (χ4n) is 5.71. The highest BCUT2D eigenvalue weighted by Gasteiger charge is 2.46. The summed E-state index contributed by atoms with van der Waals surface area (Å²) in [7, 11) is 0. The third-order valence-corrected chi connectivity index (χ3v) is 7.70. The van der Waals surface area contributed by atoms with E-state index in [1.54, 1.807) is 24.8 Å². The van der Waals surface area contributed by atoms with Crippen LogP contribution in [0.15, 0.2) is 71.7 Å². The Balaban J connectivity index is 1.36. The standard InChI is InChI=1S/C31H36N2O4/c1-21-18-23(24-14-16-33(26-11-12-26)28(34)19-24)10-13-27(21)22(2)32-17-15-31(37-29(32)35,20-30(3,4)36)25-8-6-5-7-9-25/h5-10,13-14,16,18-19,22,26,36H,11-12,15,17,20H2,1-4H3. The summed E-state index contributed by atoms with van der Waals surface area (Å²) < 4.78 is 7.98. The van der Waals surface area contributed by atoms with Crippen molar-refractivity contribution in [2.45, 2.75) is 76.7 Å². The molecule has 0 bridgehead atoms. The van der Waals surface area contributed by atoms with Crippen molar-refractivity contribution in [1.82, 2.24) is 9.47 Å². The van der Waals surface area contributed by atoms with Crippen LogP contribution < -0.4 is 5.56 Å². The number of benzene rings is 2. The maximum atomic E-state index is 13.4. The van der Waals surface area contributed by atoms with Crippen molar-refractivity contribution in [3.05, 3.63) is 93.9 Å². The van der Waals surface area contributed by atoms with Crippen LogP contribution in [0.2, 0.25) is 0 Å². The van der Waals surface area contributed by atoms with Crippen molar-refractivity contribution in [1.29, 1.82) is 0 Å². The van der Waals surface area contributed by atoms with Gasteiger partial charge in [-0.1, -0.05) is 48.5 Å². The minimum absolute atomic E-state index is 0.0408. The van der Waals surface area contributed by atoms with Gasteiger partial charge in [0, 0.05) is 37.7 Å². The molecule has 2 aliphatic rings. The molecule has 5 rings (SSSR count). The van der Waals surface area contributed by atoms with E-state index >= 15 is 0 Å². The summed E-state index contributed by atoms with van der Waals surface area (Å²) in [5.41, 5.74) is 3.08. The Morgan fingerprint density at radius 1 is 1.05 bits per heavy atom. The Morgan fingerprint density at radius 3 is 2.35 bits per heavy atom. The first kappa shape index (κ1) is 25.3. The highest BCUT2D eigenvalue weighted by atomic mass is 16.6. The number of rotatable bonds is 7. The summed E-state index contributed by atoms with van der Waals surface area (Å²) >= 11 is 0. The zero-order valence-corrected chi connectivity index (χ0v) is 22.1. The Labute approximate surface area is 218 Å².